The number of hydrogen-bond acceptors (Lipinski definition) is 1. The second-order valence-corrected chi connectivity index (χ2v) is 4.47. The van der Waals surface area contributed by atoms with E-state index in [1.807, 2.05) is 6.92 Å². The van der Waals surface area contributed by atoms with Gasteiger partial charge in [0.15, 0.2) is 0 Å². The summed E-state index contributed by atoms with van der Waals surface area (Å²) in [5.74, 6) is 0.808. The van der Waals surface area contributed by atoms with Crippen LogP contribution in [0.2, 0.25) is 0 Å². The number of carbonyl (C=O) groups excluding carboxylic acids is 1. The van der Waals surface area contributed by atoms with Gasteiger partial charge in [0.25, 0.3) is 0 Å². The summed E-state index contributed by atoms with van der Waals surface area (Å²) >= 11 is 0. The first-order chi connectivity index (χ1) is 6.70. The van der Waals surface area contributed by atoms with Gasteiger partial charge in [0.1, 0.15) is 6.29 Å². The zero-order valence-electron chi connectivity index (χ0n) is 8.79. The first kappa shape index (κ1) is 9.45. The Kier molecular flexibility index (Phi) is 2.40. The molecule has 2 atom stereocenters. The van der Waals surface area contributed by atoms with E-state index in [1.54, 1.807) is 0 Å². The van der Waals surface area contributed by atoms with Gasteiger partial charge in [0.05, 0.1) is 0 Å². The van der Waals surface area contributed by atoms with Crippen LogP contribution in [0.15, 0.2) is 18.2 Å². The predicted molar refractivity (Wildman–Crippen MR) is 57.5 cm³/mol. The topological polar surface area (TPSA) is 17.1 Å². The summed E-state index contributed by atoms with van der Waals surface area (Å²) < 4.78 is 0. The van der Waals surface area contributed by atoms with Crippen LogP contribution in [0.5, 0.6) is 0 Å². The molecule has 0 radical (unpaired) electrons. The van der Waals surface area contributed by atoms with Crippen LogP contribution in [0.4, 0.5) is 0 Å². The Morgan fingerprint density at radius 1 is 1.36 bits per heavy atom. The summed E-state index contributed by atoms with van der Waals surface area (Å²) in [6.45, 7) is 4.23. The highest BCUT2D eigenvalue weighted by molar-refractivity contribution is 5.61. The molecule has 0 bridgehead atoms. The fourth-order valence-electron chi connectivity index (χ4n) is 2.22. The zero-order valence-corrected chi connectivity index (χ0v) is 8.79. The van der Waals surface area contributed by atoms with E-state index < -0.39 is 0 Å². The Morgan fingerprint density at radius 2 is 2.07 bits per heavy atom. The van der Waals surface area contributed by atoms with E-state index in [-0.39, 0.29) is 5.92 Å². The number of hydrogen-bond donors (Lipinski definition) is 0. The number of carbonyl (C=O) groups is 1. The Labute approximate surface area is 85.1 Å². The van der Waals surface area contributed by atoms with Gasteiger partial charge >= 0.3 is 0 Å². The summed E-state index contributed by atoms with van der Waals surface area (Å²) in [5, 5.41) is 0. The van der Waals surface area contributed by atoms with Crippen molar-refractivity contribution in [1.29, 1.82) is 0 Å². The molecule has 0 amide bonds. The molecule has 14 heavy (non-hydrogen) atoms. The highest BCUT2D eigenvalue weighted by Gasteiger charge is 2.18. The van der Waals surface area contributed by atoms with E-state index >= 15 is 0 Å². The summed E-state index contributed by atoms with van der Waals surface area (Å²) in [6.07, 6.45) is 3.39. The molecule has 0 aromatic heterocycles. The van der Waals surface area contributed by atoms with Crippen LogP contribution in [0.1, 0.15) is 36.5 Å². The lowest BCUT2D eigenvalue weighted by Gasteiger charge is -2.06. The summed E-state index contributed by atoms with van der Waals surface area (Å²) in [5.41, 5.74) is 4.08. The molecular formula is C13H16O. The SMILES string of the molecule is CC1Cc2ccc(C(C)C=O)cc2C1. The van der Waals surface area contributed by atoms with Gasteiger partial charge < -0.3 is 4.79 Å². The zero-order chi connectivity index (χ0) is 10.1. The molecule has 2 unspecified atom stereocenters. The van der Waals surface area contributed by atoms with E-state index in [9.17, 15) is 4.79 Å². The van der Waals surface area contributed by atoms with E-state index in [0.717, 1.165) is 17.8 Å². The second-order valence-electron chi connectivity index (χ2n) is 4.47. The van der Waals surface area contributed by atoms with Crippen molar-refractivity contribution in [2.45, 2.75) is 32.6 Å². The van der Waals surface area contributed by atoms with Crippen molar-refractivity contribution in [3.05, 3.63) is 34.9 Å². The lowest BCUT2D eigenvalue weighted by molar-refractivity contribution is -0.108. The van der Waals surface area contributed by atoms with Crippen LogP contribution < -0.4 is 0 Å². The monoisotopic (exact) mass is 188 g/mol. The highest BCUT2D eigenvalue weighted by atomic mass is 16.1. The van der Waals surface area contributed by atoms with Gasteiger partial charge in [-0.1, -0.05) is 32.0 Å². The minimum absolute atomic E-state index is 0.0382. The van der Waals surface area contributed by atoms with E-state index in [0.29, 0.717) is 0 Å². The van der Waals surface area contributed by atoms with Crippen molar-refractivity contribution >= 4 is 6.29 Å². The average Bonchev–Trinajstić information content (AvgIpc) is 2.55. The highest BCUT2D eigenvalue weighted by Crippen LogP contribution is 2.28. The number of benzene rings is 1. The first-order valence-corrected chi connectivity index (χ1v) is 5.27. The van der Waals surface area contributed by atoms with Crippen LogP contribution in [-0.4, -0.2) is 6.29 Å². The Morgan fingerprint density at radius 3 is 2.79 bits per heavy atom. The Bertz CT molecular complexity index is 354. The normalized spacial score (nSPS) is 21.7. The predicted octanol–water partition coefficient (Wildman–Crippen LogP) is 2.72. The Balaban J connectivity index is 2.32. The molecule has 1 aromatic carbocycles. The first-order valence-electron chi connectivity index (χ1n) is 5.27. The van der Waals surface area contributed by atoms with E-state index in [4.69, 9.17) is 0 Å². The number of aldehydes is 1. The third-order valence-electron chi connectivity index (χ3n) is 3.10. The molecular weight excluding hydrogens is 172 g/mol. The van der Waals surface area contributed by atoms with E-state index in [1.165, 1.54) is 24.0 Å². The van der Waals surface area contributed by atoms with Crippen molar-refractivity contribution in [2.75, 3.05) is 0 Å². The molecule has 1 aromatic rings. The molecule has 0 saturated heterocycles. The maximum absolute atomic E-state index is 10.7. The second kappa shape index (κ2) is 3.56. The summed E-state index contributed by atoms with van der Waals surface area (Å²) in [4.78, 5) is 10.7. The molecule has 1 aliphatic rings. The third-order valence-corrected chi connectivity index (χ3v) is 3.10. The summed E-state index contributed by atoms with van der Waals surface area (Å²) in [7, 11) is 0. The lowest BCUT2D eigenvalue weighted by atomic mass is 9.98. The fourth-order valence-corrected chi connectivity index (χ4v) is 2.22. The molecule has 0 spiro atoms. The van der Waals surface area contributed by atoms with Crippen molar-refractivity contribution in [1.82, 2.24) is 0 Å². The maximum atomic E-state index is 10.7. The average molecular weight is 188 g/mol. The van der Waals surface area contributed by atoms with Gasteiger partial charge in [0, 0.05) is 5.92 Å². The smallest absolute Gasteiger partial charge is 0.127 e. The van der Waals surface area contributed by atoms with Gasteiger partial charge in [-0.3, -0.25) is 0 Å². The van der Waals surface area contributed by atoms with Gasteiger partial charge in [-0.25, -0.2) is 0 Å². The van der Waals surface area contributed by atoms with Crippen LogP contribution >= 0.6 is 0 Å². The fraction of sp³-hybridized carbons (Fsp3) is 0.462. The molecule has 0 saturated carbocycles. The lowest BCUT2D eigenvalue weighted by Crippen LogP contribution is -1.95. The van der Waals surface area contributed by atoms with Crippen molar-refractivity contribution in [3.63, 3.8) is 0 Å². The van der Waals surface area contributed by atoms with Crippen molar-refractivity contribution in [2.24, 2.45) is 5.92 Å². The minimum Gasteiger partial charge on any atom is -0.303 e. The largest absolute Gasteiger partial charge is 0.303 e. The molecule has 1 heteroatoms. The molecule has 0 N–H and O–H groups in total. The van der Waals surface area contributed by atoms with Crippen molar-refractivity contribution < 1.29 is 4.79 Å². The van der Waals surface area contributed by atoms with Crippen LogP contribution in [-0.2, 0) is 17.6 Å². The summed E-state index contributed by atoms with van der Waals surface area (Å²) in [6, 6.07) is 6.49. The van der Waals surface area contributed by atoms with Crippen LogP contribution in [0.25, 0.3) is 0 Å². The quantitative estimate of drug-likeness (QED) is 0.652. The van der Waals surface area contributed by atoms with Gasteiger partial charge in [0.2, 0.25) is 0 Å². The van der Waals surface area contributed by atoms with Crippen LogP contribution in [0, 0.1) is 5.92 Å². The molecule has 1 aliphatic carbocycles. The van der Waals surface area contributed by atoms with E-state index in [2.05, 4.69) is 25.1 Å². The molecule has 0 heterocycles. The third kappa shape index (κ3) is 1.59. The standard InChI is InChI=1S/C13H16O/c1-9-5-12-4-3-11(10(2)8-14)7-13(12)6-9/h3-4,7-10H,5-6H2,1-2H3. The van der Waals surface area contributed by atoms with Crippen LogP contribution in [0.3, 0.4) is 0 Å². The molecule has 2 rings (SSSR count). The van der Waals surface area contributed by atoms with Gasteiger partial charge in [-0.15, -0.1) is 0 Å². The number of fused-ring (bicyclic) bond motifs is 1. The molecule has 0 fully saturated rings. The van der Waals surface area contributed by atoms with Gasteiger partial charge in [-0.05, 0) is 35.4 Å². The Hall–Kier alpha value is -1.11. The number of rotatable bonds is 2. The maximum Gasteiger partial charge on any atom is 0.127 e. The minimum atomic E-state index is 0.0382. The molecule has 1 nitrogen and oxygen atoms in total. The van der Waals surface area contributed by atoms with Gasteiger partial charge in [-0.2, -0.15) is 0 Å². The molecule has 74 valence electrons. The van der Waals surface area contributed by atoms with Crippen molar-refractivity contribution in [3.8, 4) is 0 Å². The molecule has 0 aliphatic heterocycles.